The number of benzene rings is 2. The molecule has 10 nitrogen and oxygen atoms in total. The Morgan fingerprint density at radius 3 is 2.27 bits per heavy atom. The number of hydrogen-bond acceptors (Lipinski definition) is 10. The second-order valence-corrected chi connectivity index (χ2v) is 16.2. The summed E-state index contributed by atoms with van der Waals surface area (Å²) >= 11 is 0. The van der Waals surface area contributed by atoms with Gasteiger partial charge in [-0.1, -0.05) is 106 Å². The van der Waals surface area contributed by atoms with Crippen LogP contribution in [0.2, 0.25) is 0 Å². The first kappa shape index (κ1) is 42.5. The van der Waals surface area contributed by atoms with E-state index in [1.165, 1.54) is 12.5 Å². The van der Waals surface area contributed by atoms with Crippen molar-refractivity contribution in [2.24, 2.45) is 11.8 Å². The van der Waals surface area contributed by atoms with Gasteiger partial charge >= 0.3 is 11.9 Å². The summed E-state index contributed by atoms with van der Waals surface area (Å²) in [5, 5.41) is 30.0. The standard InChI is InChI=1S/C45H62N2O8/c1-9-35(52-8)30(4)41-42(55-41)43-44(6,47-39(33-20-14-11-15-21-33)38(46-43)32-18-12-10-13-19-32)25-16-17-28(2)40-29(3)22-23-36(53-31(5)48)45(7,51)26-24-34(49)27-37(50)54-40/h10-23,25,29-30,34-36,38-43,46-47,49,51H,9,24,26-27H2,1-8H3/b23-22+,25-16+,28-17+/t29-,30+,34+,35-,36-,38?,39?,40-,41+,42+,43?,44?,45+/m0/s1. The number of esters is 2. The zero-order valence-electron chi connectivity index (χ0n) is 33.7. The van der Waals surface area contributed by atoms with Gasteiger partial charge < -0.3 is 34.5 Å². The largest absolute Gasteiger partial charge is 0.457 e. The maximum absolute atomic E-state index is 13.1. The summed E-state index contributed by atoms with van der Waals surface area (Å²) in [6, 6.07) is 20.8. The summed E-state index contributed by atoms with van der Waals surface area (Å²) in [4.78, 5) is 25.1. The quantitative estimate of drug-likeness (QED) is 0.0876. The number of methoxy groups -OCH3 is 1. The number of aliphatic hydroxyl groups is 2. The normalized spacial score (nSPS) is 36.5. The Balaban J connectivity index is 1.49. The third-order valence-corrected chi connectivity index (χ3v) is 11.7. The smallest absolute Gasteiger partial charge is 0.309 e. The molecule has 55 heavy (non-hydrogen) atoms. The minimum absolute atomic E-state index is 0.0223. The first-order valence-corrected chi connectivity index (χ1v) is 19.8. The van der Waals surface area contributed by atoms with Gasteiger partial charge in [-0.3, -0.25) is 14.9 Å². The summed E-state index contributed by atoms with van der Waals surface area (Å²) in [5.41, 5.74) is 1.10. The van der Waals surface area contributed by atoms with Gasteiger partial charge in [0, 0.05) is 25.9 Å². The highest BCUT2D eigenvalue weighted by Gasteiger charge is 2.57. The van der Waals surface area contributed by atoms with Crippen LogP contribution in [0.3, 0.4) is 0 Å². The number of carbonyl (C=O) groups is 2. The number of rotatable bonds is 11. The molecule has 13 atom stereocenters. The Morgan fingerprint density at radius 2 is 1.67 bits per heavy atom. The number of ether oxygens (including phenoxy) is 4. The number of piperazine rings is 1. The average Bonchev–Trinajstić information content (AvgIpc) is 3.95. The van der Waals surface area contributed by atoms with Crippen molar-refractivity contribution in [2.45, 2.75) is 140 Å². The zero-order valence-corrected chi connectivity index (χ0v) is 33.7. The third-order valence-electron chi connectivity index (χ3n) is 11.7. The lowest BCUT2D eigenvalue weighted by molar-refractivity contribution is -0.157. The number of aliphatic hydroxyl groups excluding tert-OH is 1. The topological polar surface area (TPSA) is 139 Å². The summed E-state index contributed by atoms with van der Waals surface area (Å²) in [6.45, 7) is 13.2. The van der Waals surface area contributed by atoms with E-state index < -0.39 is 41.4 Å². The molecule has 4 N–H and O–H groups in total. The van der Waals surface area contributed by atoms with Gasteiger partial charge in [0.05, 0.1) is 48.4 Å². The molecule has 0 aromatic heterocycles. The van der Waals surface area contributed by atoms with Crippen molar-refractivity contribution in [3.8, 4) is 0 Å². The van der Waals surface area contributed by atoms with Gasteiger partial charge in [0.15, 0.2) is 0 Å². The molecular formula is C45H62N2O8. The lowest BCUT2D eigenvalue weighted by Gasteiger charge is -2.49. The molecule has 10 heteroatoms. The molecule has 2 saturated heterocycles. The molecule has 0 aliphatic carbocycles. The zero-order chi connectivity index (χ0) is 39.9. The van der Waals surface area contributed by atoms with Gasteiger partial charge in [-0.2, -0.15) is 0 Å². The predicted octanol–water partition coefficient (Wildman–Crippen LogP) is 6.45. The van der Waals surface area contributed by atoms with E-state index in [-0.39, 0.29) is 67.5 Å². The average molecular weight is 759 g/mol. The van der Waals surface area contributed by atoms with E-state index in [0.717, 1.165) is 17.6 Å². The number of carbonyl (C=O) groups excluding carboxylic acids is 2. The summed E-state index contributed by atoms with van der Waals surface area (Å²) in [7, 11) is 1.76. The molecule has 3 aliphatic heterocycles. The van der Waals surface area contributed by atoms with Crippen molar-refractivity contribution in [1.82, 2.24) is 10.6 Å². The van der Waals surface area contributed by atoms with Gasteiger partial charge in [-0.25, -0.2) is 0 Å². The number of hydrogen-bond donors (Lipinski definition) is 4. The van der Waals surface area contributed by atoms with Crippen LogP contribution < -0.4 is 10.6 Å². The molecule has 2 aromatic rings. The van der Waals surface area contributed by atoms with Crippen LogP contribution in [0.25, 0.3) is 0 Å². The lowest BCUT2D eigenvalue weighted by atomic mass is 9.78. The van der Waals surface area contributed by atoms with E-state index in [9.17, 15) is 19.8 Å². The van der Waals surface area contributed by atoms with Crippen LogP contribution in [0.15, 0.2) is 96.6 Å². The Kier molecular flexibility index (Phi) is 14.3. The van der Waals surface area contributed by atoms with Crippen molar-refractivity contribution in [1.29, 1.82) is 0 Å². The Labute approximate surface area is 327 Å². The van der Waals surface area contributed by atoms with E-state index in [1.54, 1.807) is 20.1 Å². The van der Waals surface area contributed by atoms with Gasteiger partial charge in [0.1, 0.15) is 23.9 Å². The van der Waals surface area contributed by atoms with Crippen LogP contribution in [0.1, 0.15) is 97.4 Å². The van der Waals surface area contributed by atoms with Crippen molar-refractivity contribution < 1.29 is 38.7 Å². The third kappa shape index (κ3) is 10.6. The first-order chi connectivity index (χ1) is 26.2. The molecule has 0 amide bonds. The maximum atomic E-state index is 13.1. The summed E-state index contributed by atoms with van der Waals surface area (Å²) < 4.78 is 23.9. The van der Waals surface area contributed by atoms with Gasteiger partial charge in [-0.15, -0.1) is 0 Å². The molecule has 5 rings (SSSR count). The molecule has 300 valence electrons. The minimum atomic E-state index is -1.44. The number of allylic oxidation sites excluding steroid dienone is 2. The van der Waals surface area contributed by atoms with Crippen LogP contribution in [0.4, 0.5) is 0 Å². The minimum Gasteiger partial charge on any atom is -0.457 e. The van der Waals surface area contributed by atoms with E-state index in [0.29, 0.717) is 0 Å². The Morgan fingerprint density at radius 1 is 1.04 bits per heavy atom. The Hall–Kier alpha value is -3.64. The highest BCUT2D eigenvalue weighted by atomic mass is 16.6. The van der Waals surface area contributed by atoms with Crippen molar-refractivity contribution >= 4 is 11.9 Å². The molecule has 3 heterocycles. The monoisotopic (exact) mass is 758 g/mol. The second-order valence-electron chi connectivity index (χ2n) is 16.2. The molecule has 0 saturated carbocycles. The fraction of sp³-hybridized carbons (Fsp3) is 0.556. The van der Waals surface area contributed by atoms with Crippen molar-refractivity contribution in [2.75, 3.05) is 7.11 Å². The Bertz CT molecular complexity index is 1660. The highest BCUT2D eigenvalue weighted by molar-refractivity contribution is 5.70. The number of cyclic esters (lactones) is 1. The molecule has 3 aliphatic rings. The maximum Gasteiger partial charge on any atom is 0.309 e. The van der Waals surface area contributed by atoms with Crippen LogP contribution in [0.5, 0.6) is 0 Å². The van der Waals surface area contributed by atoms with Gasteiger partial charge in [0.2, 0.25) is 0 Å². The van der Waals surface area contributed by atoms with E-state index in [1.807, 2.05) is 44.2 Å². The number of nitrogens with one attached hydrogen (secondary N) is 2. The van der Waals surface area contributed by atoms with Gasteiger partial charge in [-0.05, 0) is 62.8 Å². The van der Waals surface area contributed by atoms with Crippen molar-refractivity contribution in [3.63, 3.8) is 0 Å². The molecule has 2 aromatic carbocycles. The number of epoxide rings is 1. The molecule has 0 bridgehead atoms. The highest BCUT2D eigenvalue weighted by Crippen LogP contribution is 2.44. The summed E-state index contributed by atoms with van der Waals surface area (Å²) in [5.74, 6) is -1.20. The second kappa shape index (κ2) is 18.5. The first-order valence-electron chi connectivity index (χ1n) is 19.8. The van der Waals surface area contributed by atoms with Crippen molar-refractivity contribution in [3.05, 3.63) is 108 Å². The fourth-order valence-electron chi connectivity index (χ4n) is 8.36. The molecule has 4 unspecified atom stereocenters. The molecule has 0 spiro atoms. The van der Waals surface area contributed by atoms with Crippen LogP contribution >= 0.6 is 0 Å². The SMILES string of the molecule is CC[C@H](OC)[C@@H](C)[C@H]1O[C@H]1C1NC(c2ccccc2)C(c2ccccc2)NC1(C)/C=C/C=C(\C)[C@@H]1OC(=O)C[C@H](O)CC[C@@](C)(O)[C@@H](OC(C)=O)/C=C/[C@@H]1C. The molecule has 2 fully saturated rings. The lowest BCUT2D eigenvalue weighted by Crippen LogP contribution is -2.67. The van der Waals surface area contributed by atoms with Gasteiger partial charge in [0.25, 0.3) is 0 Å². The summed E-state index contributed by atoms with van der Waals surface area (Å²) in [6.07, 6.45) is 7.94. The molecular weight excluding hydrogens is 697 g/mol. The van der Waals surface area contributed by atoms with E-state index in [4.69, 9.17) is 18.9 Å². The van der Waals surface area contributed by atoms with Crippen LogP contribution in [-0.2, 0) is 28.5 Å². The van der Waals surface area contributed by atoms with E-state index in [2.05, 4.69) is 86.0 Å². The predicted molar refractivity (Wildman–Crippen MR) is 213 cm³/mol. The van der Waals surface area contributed by atoms with E-state index >= 15 is 0 Å². The fourth-order valence-corrected chi connectivity index (χ4v) is 8.36. The van der Waals surface area contributed by atoms with Crippen LogP contribution in [0, 0.1) is 11.8 Å². The van der Waals surface area contributed by atoms with Crippen LogP contribution in [-0.4, -0.2) is 83.1 Å². The molecule has 0 radical (unpaired) electrons.